The van der Waals surface area contributed by atoms with E-state index >= 15 is 0 Å². The lowest BCUT2D eigenvalue weighted by Gasteiger charge is -2.10. The number of carbonyl (C=O) groups is 1. The highest BCUT2D eigenvalue weighted by Gasteiger charge is 2.17. The van der Waals surface area contributed by atoms with E-state index < -0.39 is 5.97 Å². The zero-order valence-electron chi connectivity index (χ0n) is 17.1. The minimum absolute atomic E-state index is 0.154. The summed E-state index contributed by atoms with van der Waals surface area (Å²) in [5.74, 6) is 0.927. The van der Waals surface area contributed by atoms with E-state index in [-0.39, 0.29) is 6.61 Å². The van der Waals surface area contributed by atoms with Crippen LogP contribution in [0.25, 0.3) is 17.2 Å². The number of hydrogen-bond acceptors (Lipinski definition) is 10. The Morgan fingerprint density at radius 2 is 2.06 bits per heavy atom. The summed E-state index contributed by atoms with van der Waals surface area (Å²) >= 11 is 0. The normalized spacial score (nSPS) is 10.8. The van der Waals surface area contributed by atoms with Gasteiger partial charge < -0.3 is 9.47 Å². The minimum Gasteiger partial charge on any atom is -0.471 e. The molecule has 31 heavy (non-hydrogen) atoms. The van der Waals surface area contributed by atoms with Crippen LogP contribution in [0.15, 0.2) is 36.9 Å². The van der Waals surface area contributed by atoms with Crippen molar-refractivity contribution in [2.24, 2.45) is 7.05 Å². The first-order chi connectivity index (χ1) is 15.0. The van der Waals surface area contributed by atoms with Gasteiger partial charge in [-0.2, -0.15) is 0 Å². The number of aromatic nitrogens is 9. The quantitative estimate of drug-likeness (QED) is 0.402. The van der Waals surface area contributed by atoms with Crippen LogP contribution in [-0.4, -0.2) is 50.9 Å². The maximum absolute atomic E-state index is 11.3. The van der Waals surface area contributed by atoms with Crippen molar-refractivity contribution in [2.75, 3.05) is 0 Å². The number of aryl methyl sites for hydroxylation is 2. The Bertz CT molecular complexity index is 1200. The van der Waals surface area contributed by atoms with Crippen molar-refractivity contribution in [2.45, 2.75) is 26.9 Å². The summed E-state index contributed by atoms with van der Waals surface area (Å²) < 4.78 is 14.2. The Hall–Kier alpha value is -4.22. The van der Waals surface area contributed by atoms with Crippen molar-refractivity contribution < 1.29 is 14.3 Å². The highest BCUT2D eigenvalue weighted by Crippen LogP contribution is 2.25. The van der Waals surface area contributed by atoms with Crippen molar-refractivity contribution in [3.05, 3.63) is 48.3 Å². The maximum atomic E-state index is 11.3. The van der Waals surface area contributed by atoms with Crippen molar-refractivity contribution >= 4 is 5.97 Å². The third-order valence-electron chi connectivity index (χ3n) is 4.35. The van der Waals surface area contributed by atoms with Gasteiger partial charge in [0.1, 0.15) is 24.3 Å². The van der Waals surface area contributed by atoms with Gasteiger partial charge in [-0.25, -0.2) is 24.3 Å². The molecule has 0 saturated heterocycles. The summed E-state index contributed by atoms with van der Waals surface area (Å²) in [5.41, 5.74) is 2.52. The van der Waals surface area contributed by atoms with Crippen molar-refractivity contribution in [3.8, 4) is 28.8 Å². The number of esters is 1. The molecule has 4 rings (SSSR count). The third kappa shape index (κ3) is 4.37. The number of hydrogen-bond donors (Lipinski definition) is 0. The van der Waals surface area contributed by atoms with Crippen LogP contribution in [0.5, 0.6) is 11.6 Å². The second-order valence-electron chi connectivity index (χ2n) is 6.45. The maximum Gasteiger partial charge on any atom is 0.308 e. The monoisotopic (exact) mass is 421 g/mol. The molecule has 4 aromatic rings. The molecule has 0 N–H and O–H groups in total. The molecule has 0 bridgehead atoms. The third-order valence-corrected chi connectivity index (χ3v) is 4.35. The first-order valence-electron chi connectivity index (χ1n) is 9.44. The summed E-state index contributed by atoms with van der Waals surface area (Å²) in [5, 5.41) is 16.0. The van der Waals surface area contributed by atoms with Gasteiger partial charge in [0.05, 0.1) is 23.8 Å². The molecule has 12 nitrogen and oxygen atoms in total. The van der Waals surface area contributed by atoms with E-state index in [1.54, 1.807) is 42.3 Å². The first-order valence-corrected chi connectivity index (χ1v) is 9.44. The molecule has 0 amide bonds. The Morgan fingerprint density at radius 3 is 2.81 bits per heavy atom. The molecule has 0 saturated carbocycles. The van der Waals surface area contributed by atoms with E-state index in [0.717, 1.165) is 0 Å². The van der Waals surface area contributed by atoms with Crippen molar-refractivity contribution in [1.82, 2.24) is 44.9 Å². The topological polar surface area (TPSA) is 136 Å². The fourth-order valence-electron chi connectivity index (χ4n) is 2.87. The number of pyridine rings is 1. The van der Waals surface area contributed by atoms with Crippen LogP contribution < -0.4 is 9.47 Å². The fraction of sp³-hybridized carbons (Fsp3) is 0.263. The average Bonchev–Trinajstić information content (AvgIpc) is 3.43. The molecule has 0 fully saturated rings. The molecular formula is C19H19N9O3. The van der Waals surface area contributed by atoms with Crippen molar-refractivity contribution in [3.63, 3.8) is 0 Å². The summed E-state index contributed by atoms with van der Waals surface area (Å²) in [7, 11) is 1.77. The predicted molar refractivity (Wildman–Crippen MR) is 106 cm³/mol. The number of ether oxygens (including phenoxy) is 2. The van der Waals surface area contributed by atoms with E-state index in [4.69, 9.17) is 9.47 Å². The van der Waals surface area contributed by atoms with E-state index in [1.165, 1.54) is 17.9 Å². The van der Waals surface area contributed by atoms with Crippen LogP contribution in [0.2, 0.25) is 0 Å². The van der Waals surface area contributed by atoms with Gasteiger partial charge in [-0.1, -0.05) is 17.4 Å². The number of carbonyl (C=O) groups excluding carboxylic acids is 1. The molecule has 4 aromatic heterocycles. The van der Waals surface area contributed by atoms with Gasteiger partial charge in [0, 0.05) is 20.0 Å². The first kappa shape index (κ1) is 20.1. The summed E-state index contributed by atoms with van der Waals surface area (Å²) in [6, 6.07) is 5.09. The SMILES string of the molecule is CCc1nc(-c2nnn(C)c2COc2cc(-n3ccnn3)ncn2)ccc1OC(C)=O. The molecule has 0 aliphatic heterocycles. The largest absolute Gasteiger partial charge is 0.471 e. The predicted octanol–water partition coefficient (Wildman–Crippen LogP) is 1.31. The van der Waals surface area contributed by atoms with Gasteiger partial charge in [-0.15, -0.1) is 10.2 Å². The summed E-state index contributed by atoms with van der Waals surface area (Å²) in [4.78, 5) is 24.2. The lowest BCUT2D eigenvalue weighted by molar-refractivity contribution is -0.131. The van der Waals surface area contributed by atoms with Crippen LogP contribution in [0.4, 0.5) is 0 Å². The molecule has 158 valence electrons. The molecule has 4 heterocycles. The van der Waals surface area contributed by atoms with E-state index in [2.05, 4.69) is 35.6 Å². The molecule has 0 atom stereocenters. The lowest BCUT2D eigenvalue weighted by atomic mass is 10.2. The second-order valence-corrected chi connectivity index (χ2v) is 6.45. The van der Waals surface area contributed by atoms with Crippen LogP contribution >= 0.6 is 0 Å². The second kappa shape index (κ2) is 8.65. The van der Waals surface area contributed by atoms with Gasteiger partial charge in [-0.3, -0.25) is 4.79 Å². The highest BCUT2D eigenvalue weighted by atomic mass is 16.5. The highest BCUT2D eigenvalue weighted by molar-refractivity contribution is 5.70. The Balaban J connectivity index is 1.58. The Labute approximate surface area is 176 Å². The fourth-order valence-corrected chi connectivity index (χ4v) is 2.87. The standard InChI is InChI=1S/C19H19N9O3/c1-4-13-16(31-12(2)29)6-5-14(23-13)19-15(27(3)26-24-19)10-30-18-9-17(20-11-21-18)28-8-7-22-25-28/h5-9,11H,4,10H2,1-3H3. The van der Waals surface area contributed by atoms with Gasteiger partial charge in [0.25, 0.3) is 0 Å². The molecule has 12 heteroatoms. The lowest BCUT2D eigenvalue weighted by Crippen LogP contribution is -2.08. The molecule has 0 unspecified atom stereocenters. The van der Waals surface area contributed by atoms with Crippen LogP contribution in [0.3, 0.4) is 0 Å². The molecule has 0 aliphatic rings. The smallest absolute Gasteiger partial charge is 0.308 e. The van der Waals surface area contributed by atoms with Crippen LogP contribution in [0.1, 0.15) is 25.2 Å². The molecular weight excluding hydrogens is 402 g/mol. The van der Waals surface area contributed by atoms with E-state index in [0.29, 0.717) is 46.6 Å². The van der Waals surface area contributed by atoms with Crippen LogP contribution in [-0.2, 0) is 24.9 Å². The molecule has 0 radical (unpaired) electrons. The molecule has 0 spiro atoms. The number of nitrogens with zero attached hydrogens (tertiary/aromatic N) is 9. The van der Waals surface area contributed by atoms with Gasteiger partial charge in [0.2, 0.25) is 5.88 Å². The number of rotatable bonds is 7. The van der Waals surface area contributed by atoms with E-state index in [9.17, 15) is 4.79 Å². The zero-order valence-corrected chi connectivity index (χ0v) is 17.1. The Morgan fingerprint density at radius 1 is 1.19 bits per heavy atom. The van der Waals surface area contributed by atoms with E-state index in [1.807, 2.05) is 6.92 Å². The van der Waals surface area contributed by atoms with Crippen molar-refractivity contribution in [1.29, 1.82) is 0 Å². The minimum atomic E-state index is -0.395. The average molecular weight is 421 g/mol. The Kier molecular flexibility index (Phi) is 5.60. The summed E-state index contributed by atoms with van der Waals surface area (Å²) in [6.07, 6.45) is 5.21. The van der Waals surface area contributed by atoms with Crippen LogP contribution in [0, 0.1) is 0 Å². The summed E-state index contributed by atoms with van der Waals surface area (Å²) in [6.45, 7) is 3.44. The zero-order chi connectivity index (χ0) is 21.8. The van der Waals surface area contributed by atoms with Gasteiger partial charge in [0.15, 0.2) is 11.6 Å². The molecule has 0 aromatic carbocycles. The molecule has 0 aliphatic carbocycles. The van der Waals surface area contributed by atoms with Gasteiger partial charge in [-0.05, 0) is 18.6 Å². The van der Waals surface area contributed by atoms with Gasteiger partial charge >= 0.3 is 5.97 Å².